The number of aromatic nitrogens is 3. The molecule has 1 N–H and O–H groups in total. The number of halogens is 3. The number of hydrogen-bond acceptors (Lipinski definition) is 11. The second-order valence-electron chi connectivity index (χ2n) is 10.6. The second-order valence-corrected chi connectivity index (χ2v) is 12.1. The molecule has 1 aliphatic heterocycles. The summed E-state index contributed by atoms with van der Waals surface area (Å²) < 4.78 is 88.2. The number of carbonyl (C=O) groups excluding carboxylic acids is 1. The van der Waals surface area contributed by atoms with Crippen LogP contribution in [0, 0.1) is 24.4 Å². The lowest BCUT2D eigenvalue weighted by Crippen LogP contribution is -2.26. The average molecular weight is 685 g/mol. The Labute approximate surface area is 271 Å². The van der Waals surface area contributed by atoms with E-state index in [2.05, 4.69) is 19.2 Å². The standard InChI is InChI=1S/C32H28F3N4O8P/c1-19-6-7-21(24(33)12-19)17-43-31-5-3-4-27(37-31)23-16-25(34)22(13-26(23)35)15-30-36-28-9-8-20(14-29(28)39(30)10-11-42-2)32(40)44-18-45-48(41)46-38-47-48/h3-9,12-14,16,38H,10-11,15,17-18H2,1-2H3. The molecule has 0 unspecified atom stereocenters. The van der Waals surface area contributed by atoms with E-state index < -0.39 is 38.0 Å². The predicted molar refractivity (Wildman–Crippen MR) is 164 cm³/mol. The first-order valence-electron chi connectivity index (χ1n) is 14.5. The first kappa shape index (κ1) is 33.3. The minimum absolute atomic E-state index is 0.0362. The molecule has 0 amide bonds. The highest BCUT2D eigenvalue weighted by Gasteiger charge is 2.38. The smallest absolute Gasteiger partial charge is 0.473 e. The highest BCUT2D eigenvalue weighted by Crippen LogP contribution is 2.53. The molecular weight excluding hydrogens is 656 g/mol. The van der Waals surface area contributed by atoms with Crippen LogP contribution in [0.1, 0.15) is 32.9 Å². The molecule has 48 heavy (non-hydrogen) atoms. The van der Waals surface area contributed by atoms with E-state index >= 15 is 8.78 Å². The van der Waals surface area contributed by atoms with Crippen molar-refractivity contribution in [1.82, 2.24) is 20.2 Å². The maximum absolute atomic E-state index is 15.5. The molecule has 0 aliphatic carbocycles. The minimum atomic E-state index is -3.77. The third-order valence-corrected chi connectivity index (χ3v) is 8.37. The van der Waals surface area contributed by atoms with Crippen LogP contribution in [0.5, 0.6) is 5.88 Å². The number of imidazole rings is 1. The second kappa shape index (κ2) is 14.2. The molecule has 16 heteroatoms. The normalized spacial score (nSPS) is 13.8. The largest absolute Gasteiger partial charge is 0.514 e. The molecule has 0 bridgehead atoms. The monoisotopic (exact) mass is 684 g/mol. The number of aryl methyl sites for hydroxylation is 1. The van der Waals surface area contributed by atoms with Gasteiger partial charge in [-0.05, 0) is 60.5 Å². The molecule has 3 aromatic carbocycles. The Morgan fingerprint density at radius 1 is 0.958 bits per heavy atom. The highest BCUT2D eigenvalue weighted by molar-refractivity contribution is 7.49. The summed E-state index contributed by atoms with van der Waals surface area (Å²) in [5, 5.41) is 0. The van der Waals surface area contributed by atoms with Gasteiger partial charge in [-0.3, -0.25) is 0 Å². The number of fused-ring (bicyclic) bond motifs is 1. The Bertz CT molecular complexity index is 2030. The van der Waals surface area contributed by atoms with Crippen molar-refractivity contribution >= 4 is 24.8 Å². The third-order valence-electron chi connectivity index (χ3n) is 7.35. The van der Waals surface area contributed by atoms with E-state index in [4.69, 9.17) is 18.7 Å². The fourth-order valence-corrected chi connectivity index (χ4v) is 5.39. The number of rotatable bonds is 13. The summed E-state index contributed by atoms with van der Waals surface area (Å²) in [5.41, 5.74) is 4.19. The fourth-order valence-electron chi connectivity index (χ4n) is 4.90. The number of nitrogens with one attached hydrogen (secondary N) is 1. The van der Waals surface area contributed by atoms with Crippen molar-refractivity contribution in [3.05, 3.63) is 112 Å². The van der Waals surface area contributed by atoms with Crippen molar-refractivity contribution < 1.29 is 50.5 Å². The van der Waals surface area contributed by atoms with Crippen LogP contribution in [0.2, 0.25) is 0 Å². The van der Waals surface area contributed by atoms with E-state index in [1.165, 1.54) is 31.4 Å². The van der Waals surface area contributed by atoms with E-state index in [0.29, 0.717) is 29.0 Å². The van der Waals surface area contributed by atoms with Gasteiger partial charge < -0.3 is 18.8 Å². The van der Waals surface area contributed by atoms with E-state index in [0.717, 1.165) is 17.7 Å². The summed E-state index contributed by atoms with van der Waals surface area (Å²) in [6.45, 7) is 1.55. The van der Waals surface area contributed by atoms with Gasteiger partial charge in [0.25, 0.3) is 0 Å². The van der Waals surface area contributed by atoms with Crippen molar-refractivity contribution in [2.75, 3.05) is 20.5 Å². The number of ether oxygens (including phenoxy) is 3. The molecule has 0 radical (unpaired) electrons. The molecule has 1 fully saturated rings. The summed E-state index contributed by atoms with van der Waals surface area (Å²) in [6.07, 6.45) is -0.0862. The number of esters is 1. The van der Waals surface area contributed by atoms with Crippen molar-refractivity contribution in [1.29, 1.82) is 0 Å². The zero-order valence-electron chi connectivity index (χ0n) is 25.6. The van der Waals surface area contributed by atoms with Crippen molar-refractivity contribution in [2.45, 2.75) is 26.5 Å². The summed E-state index contributed by atoms with van der Waals surface area (Å²) in [4.78, 5) is 21.5. The van der Waals surface area contributed by atoms with Gasteiger partial charge in [0.15, 0.2) is 0 Å². The van der Waals surface area contributed by atoms with Gasteiger partial charge in [-0.15, -0.1) is 0 Å². The zero-order valence-corrected chi connectivity index (χ0v) is 26.5. The first-order chi connectivity index (χ1) is 23.1. The Hall–Kier alpha value is -4.63. The quantitative estimate of drug-likeness (QED) is 0.0846. The molecule has 5 aromatic rings. The summed E-state index contributed by atoms with van der Waals surface area (Å²) >= 11 is 0. The maximum atomic E-state index is 15.5. The van der Waals surface area contributed by atoms with Crippen molar-refractivity contribution in [3.63, 3.8) is 0 Å². The highest BCUT2D eigenvalue weighted by atomic mass is 31.2. The molecule has 0 saturated carbocycles. The first-order valence-corrected chi connectivity index (χ1v) is 15.9. The van der Waals surface area contributed by atoms with Gasteiger partial charge >= 0.3 is 13.8 Å². The van der Waals surface area contributed by atoms with Gasteiger partial charge in [0, 0.05) is 37.3 Å². The molecule has 1 saturated heterocycles. The van der Waals surface area contributed by atoms with Gasteiger partial charge in [-0.1, -0.05) is 23.8 Å². The van der Waals surface area contributed by atoms with Crippen LogP contribution in [-0.4, -0.2) is 41.0 Å². The Morgan fingerprint density at radius 2 is 1.77 bits per heavy atom. The SMILES string of the molecule is COCCn1c(Cc2cc(F)c(-c3cccc(OCc4ccc(C)cc4F)n3)cc2F)nc2ccc(C(=O)OCOP3(=O)ONO3)cc21. The zero-order chi connectivity index (χ0) is 33.8. The lowest BCUT2D eigenvalue weighted by atomic mass is 10.0. The van der Waals surface area contributed by atoms with Crippen LogP contribution < -0.4 is 10.4 Å². The number of benzene rings is 3. The van der Waals surface area contributed by atoms with E-state index in [1.807, 2.05) is 5.64 Å². The van der Waals surface area contributed by atoms with Crippen LogP contribution in [0.15, 0.2) is 66.7 Å². The van der Waals surface area contributed by atoms with Gasteiger partial charge in [0.2, 0.25) is 12.7 Å². The molecule has 3 heterocycles. The number of pyridine rings is 1. The summed E-state index contributed by atoms with van der Waals surface area (Å²) in [6, 6.07) is 16.1. The topological polar surface area (TPSA) is 132 Å². The molecule has 6 rings (SSSR count). The summed E-state index contributed by atoms with van der Waals surface area (Å²) in [7, 11) is -2.26. The van der Waals surface area contributed by atoms with Crippen molar-refractivity contribution in [3.8, 4) is 17.1 Å². The number of carbonyl (C=O) groups is 1. The number of nitrogens with zero attached hydrogens (tertiary/aromatic N) is 3. The minimum Gasteiger partial charge on any atom is -0.473 e. The Balaban J connectivity index is 1.21. The van der Waals surface area contributed by atoms with Gasteiger partial charge in [0.05, 0.1) is 28.9 Å². The Morgan fingerprint density at radius 3 is 2.52 bits per heavy atom. The van der Waals surface area contributed by atoms with Gasteiger partial charge in [-0.2, -0.15) is 9.25 Å². The molecule has 0 atom stereocenters. The van der Waals surface area contributed by atoms with E-state index in [9.17, 15) is 13.8 Å². The van der Waals surface area contributed by atoms with Crippen LogP contribution in [0.4, 0.5) is 13.2 Å². The lowest BCUT2D eigenvalue weighted by Gasteiger charge is -2.23. The van der Waals surface area contributed by atoms with Crippen LogP contribution in [0.25, 0.3) is 22.3 Å². The Kier molecular flexibility index (Phi) is 9.87. The van der Waals surface area contributed by atoms with Crippen LogP contribution in [0.3, 0.4) is 0 Å². The molecular formula is C32H28F3N4O8P. The molecule has 2 aromatic heterocycles. The molecule has 250 valence electrons. The lowest BCUT2D eigenvalue weighted by molar-refractivity contribution is -0.162. The summed E-state index contributed by atoms with van der Waals surface area (Å²) in [5.74, 6) is -2.10. The molecule has 12 nitrogen and oxygen atoms in total. The molecule has 0 spiro atoms. The number of methoxy groups -OCH3 is 1. The van der Waals surface area contributed by atoms with Gasteiger partial charge in [-0.25, -0.2) is 37.0 Å². The average Bonchev–Trinajstić information content (AvgIpc) is 3.40. The maximum Gasteiger partial charge on any atom is 0.514 e. The van der Waals surface area contributed by atoms with Crippen LogP contribution in [-0.2, 0) is 47.4 Å². The molecule has 1 aliphatic rings. The predicted octanol–water partition coefficient (Wildman–Crippen LogP) is 6.35. The van der Waals surface area contributed by atoms with Gasteiger partial charge in [0.1, 0.15) is 29.9 Å². The number of hydrogen-bond donors (Lipinski definition) is 1. The third kappa shape index (κ3) is 7.41. The fraction of sp³-hybridized carbons (Fsp3) is 0.219. The van der Waals surface area contributed by atoms with Crippen LogP contribution >= 0.6 is 7.82 Å². The van der Waals surface area contributed by atoms with E-state index in [1.54, 1.807) is 41.8 Å². The van der Waals surface area contributed by atoms with E-state index in [-0.39, 0.29) is 47.9 Å². The van der Waals surface area contributed by atoms with Crippen molar-refractivity contribution in [2.24, 2.45) is 0 Å². The number of phosphoric acid groups is 1.